The van der Waals surface area contributed by atoms with Gasteiger partial charge in [-0.15, -0.1) is 6.58 Å². The predicted octanol–water partition coefficient (Wildman–Crippen LogP) is 2.27. The Labute approximate surface area is 94.7 Å². The molecule has 2 nitrogen and oxygen atoms in total. The molecule has 3 atom stereocenters. The molecule has 1 fully saturated rings. The molecule has 0 spiro atoms. The molecule has 0 amide bonds. The summed E-state index contributed by atoms with van der Waals surface area (Å²) in [4.78, 5) is 2.53. The van der Waals surface area contributed by atoms with Crippen LogP contribution < -0.4 is 5.32 Å². The van der Waals surface area contributed by atoms with Gasteiger partial charge >= 0.3 is 0 Å². The van der Waals surface area contributed by atoms with Crippen LogP contribution in [0.2, 0.25) is 0 Å². The molecule has 3 unspecified atom stereocenters. The maximum Gasteiger partial charge on any atom is 0.0163 e. The van der Waals surface area contributed by atoms with Crippen LogP contribution in [-0.4, -0.2) is 36.6 Å². The number of likely N-dealkylation sites (tertiary alicyclic amines) is 1. The van der Waals surface area contributed by atoms with Crippen LogP contribution in [0.4, 0.5) is 0 Å². The van der Waals surface area contributed by atoms with Gasteiger partial charge < -0.3 is 5.32 Å². The molecule has 0 aromatic heterocycles. The van der Waals surface area contributed by atoms with Gasteiger partial charge in [0.1, 0.15) is 0 Å². The van der Waals surface area contributed by atoms with Crippen molar-refractivity contribution in [1.29, 1.82) is 0 Å². The number of hydrogen-bond donors (Lipinski definition) is 1. The number of nitrogens with one attached hydrogen (secondary N) is 1. The van der Waals surface area contributed by atoms with Crippen LogP contribution in [0.3, 0.4) is 0 Å². The maximum absolute atomic E-state index is 3.83. The minimum Gasteiger partial charge on any atom is -0.314 e. The quantitative estimate of drug-likeness (QED) is 0.700. The average molecular weight is 210 g/mol. The highest BCUT2D eigenvalue weighted by molar-refractivity contribution is 4.90. The second kappa shape index (κ2) is 6.29. The summed E-state index contributed by atoms with van der Waals surface area (Å²) in [5, 5.41) is 3.66. The fraction of sp³-hybridized carbons (Fsp3) is 0.846. The minimum absolute atomic E-state index is 0.672. The third kappa shape index (κ3) is 3.32. The van der Waals surface area contributed by atoms with Gasteiger partial charge in [0, 0.05) is 25.2 Å². The molecule has 0 saturated carbocycles. The fourth-order valence-corrected chi connectivity index (χ4v) is 2.48. The van der Waals surface area contributed by atoms with E-state index in [0.717, 1.165) is 19.0 Å². The molecule has 15 heavy (non-hydrogen) atoms. The SMILES string of the molecule is C=CCN1CCC(NCCC)C(C)C1C. The van der Waals surface area contributed by atoms with E-state index in [2.05, 4.69) is 37.6 Å². The first-order valence-corrected chi connectivity index (χ1v) is 6.29. The van der Waals surface area contributed by atoms with Gasteiger partial charge in [0.05, 0.1) is 0 Å². The van der Waals surface area contributed by atoms with Crippen LogP contribution >= 0.6 is 0 Å². The second-order valence-electron chi connectivity index (χ2n) is 4.73. The molecule has 1 saturated heterocycles. The Morgan fingerprint density at radius 1 is 1.47 bits per heavy atom. The Kier molecular flexibility index (Phi) is 5.34. The van der Waals surface area contributed by atoms with Crippen molar-refractivity contribution in [2.45, 2.75) is 45.7 Å². The molecule has 2 heteroatoms. The van der Waals surface area contributed by atoms with Crippen LogP contribution in [0.15, 0.2) is 12.7 Å². The third-order valence-electron chi connectivity index (χ3n) is 3.72. The van der Waals surface area contributed by atoms with Crippen molar-refractivity contribution in [3.05, 3.63) is 12.7 Å². The molecule has 0 aromatic carbocycles. The summed E-state index contributed by atoms with van der Waals surface area (Å²) in [7, 11) is 0. The Hall–Kier alpha value is -0.340. The Morgan fingerprint density at radius 3 is 2.80 bits per heavy atom. The highest BCUT2D eigenvalue weighted by atomic mass is 15.2. The zero-order valence-electron chi connectivity index (χ0n) is 10.5. The van der Waals surface area contributed by atoms with Gasteiger partial charge in [-0.3, -0.25) is 4.90 Å². The van der Waals surface area contributed by atoms with Gasteiger partial charge in [-0.1, -0.05) is 19.9 Å². The topological polar surface area (TPSA) is 15.3 Å². The lowest BCUT2D eigenvalue weighted by Crippen LogP contribution is -2.53. The number of rotatable bonds is 5. The van der Waals surface area contributed by atoms with E-state index in [1.165, 1.54) is 19.4 Å². The van der Waals surface area contributed by atoms with E-state index in [1.807, 2.05) is 6.08 Å². The van der Waals surface area contributed by atoms with Crippen molar-refractivity contribution < 1.29 is 0 Å². The smallest absolute Gasteiger partial charge is 0.0163 e. The Morgan fingerprint density at radius 2 is 2.20 bits per heavy atom. The lowest BCUT2D eigenvalue weighted by Gasteiger charge is -2.42. The normalized spacial score (nSPS) is 32.9. The molecule has 0 aliphatic carbocycles. The van der Waals surface area contributed by atoms with Gasteiger partial charge in [-0.2, -0.15) is 0 Å². The van der Waals surface area contributed by atoms with Gasteiger partial charge in [-0.05, 0) is 32.2 Å². The van der Waals surface area contributed by atoms with E-state index in [1.54, 1.807) is 0 Å². The largest absolute Gasteiger partial charge is 0.314 e. The van der Waals surface area contributed by atoms with Crippen molar-refractivity contribution in [3.8, 4) is 0 Å². The molecule has 1 N–H and O–H groups in total. The van der Waals surface area contributed by atoms with Gasteiger partial charge in [0.25, 0.3) is 0 Å². The molecule has 1 rings (SSSR count). The summed E-state index contributed by atoms with van der Waals surface area (Å²) in [6, 6.07) is 1.38. The lowest BCUT2D eigenvalue weighted by molar-refractivity contribution is 0.0962. The van der Waals surface area contributed by atoms with Crippen molar-refractivity contribution in [2.24, 2.45) is 5.92 Å². The maximum atomic E-state index is 3.83. The number of piperidine rings is 1. The van der Waals surface area contributed by atoms with E-state index < -0.39 is 0 Å². The summed E-state index contributed by atoms with van der Waals surface area (Å²) in [6.07, 6.45) is 4.52. The van der Waals surface area contributed by atoms with Gasteiger partial charge in [0.2, 0.25) is 0 Å². The van der Waals surface area contributed by atoms with Crippen molar-refractivity contribution in [2.75, 3.05) is 19.6 Å². The molecule has 0 bridgehead atoms. The molecule has 1 aliphatic rings. The highest BCUT2D eigenvalue weighted by Crippen LogP contribution is 2.23. The molecule has 88 valence electrons. The Balaban J connectivity index is 2.44. The number of nitrogens with zero attached hydrogens (tertiary/aromatic N) is 1. The molecular weight excluding hydrogens is 184 g/mol. The van der Waals surface area contributed by atoms with E-state index in [0.29, 0.717) is 12.1 Å². The van der Waals surface area contributed by atoms with Gasteiger partial charge in [-0.25, -0.2) is 0 Å². The van der Waals surface area contributed by atoms with Crippen LogP contribution in [0, 0.1) is 5.92 Å². The summed E-state index contributed by atoms with van der Waals surface area (Å²) in [6.45, 7) is 14.2. The van der Waals surface area contributed by atoms with E-state index in [-0.39, 0.29) is 0 Å². The first-order valence-electron chi connectivity index (χ1n) is 6.29. The number of hydrogen-bond acceptors (Lipinski definition) is 2. The van der Waals surface area contributed by atoms with Gasteiger partial charge in [0.15, 0.2) is 0 Å². The van der Waals surface area contributed by atoms with Crippen molar-refractivity contribution >= 4 is 0 Å². The first kappa shape index (κ1) is 12.7. The standard InChI is InChI=1S/C13H26N2/c1-5-8-14-13-7-10-15(9-6-2)12(4)11(13)3/h6,11-14H,2,5,7-10H2,1,3-4H3. The van der Waals surface area contributed by atoms with Crippen LogP contribution in [0.1, 0.15) is 33.6 Å². The Bertz CT molecular complexity index is 191. The third-order valence-corrected chi connectivity index (χ3v) is 3.72. The summed E-state index contributed by atoms with van der Waals surface area (Å²) < 4.78 is 0. The van der Waals surface area contributed by atoms with Crippen molar-refractivity contribution in [1.82, 2.24) is 10.2 Å². The minimum atomic E-state index is 0.672. The van der Waals surface area contributed by atoms with Crippen LogP contribution in [-0.2, 0) is 0 Å². The summed E-state index contributed by atoms with van der Waals surface area (Å²) >= 11 is 0. The van der Waals surface area contributed by atoms with Crippen LogP contribution in [0.5, 0.6) is 0 Å². The van der Waals surface area contributed by atoms with E-state index >= 15 is 0 Å². The molecule has 1 heterocycles. The predicted molar refractivity (Wildman–Crippen MR) is 67.1 cm³/mol. The lowest BCUT2D eigenvalue weighted by atomic mass is 9.87. The molecule has 0 radical (unpaired) electrons. The van der Waals surface area contributed by atoms with E-state index in [4.69, 9.17) is 0 Å². The zero-order valence-corrected chi connectivity index (χ0v) is 10.5. The fourth-order valence-electron chi connectivity index (χ4n) is 2.48. The van der Waals surface area contributed by atoms with E-state index in [9.17, 15) is 0 Å². The van der Waals surface area contributed by atoms with Crippen molar-refractivity contribution in [3.63, 3.8) is 0 Å². The highest BCUT2D eigenvalue weighted by Gasteiger charge is 2.30. The summed E-state index contributed by atoms with van der Waals surface area (Å²) in [5.41, 5.74) is 0. The average Bonchev–Trinajstić information content (AvgIpc) is 2.24. The zero-order chi connectivity index (χ0) is 11.3. The molecular formula is C13H26N2. The monoisotopic (exact) mass is 210 g/mol. The van der Waals surface area contributed by atoms with Crippen LogP contribution in [0.25, 0.3) is 0 Å². The molecule has 0 aromatic rings. The molecule has 1 aliphatic heterocycles. The second-order valence-corrected chi connectivity index (χ2v) is 4.73. The first-order chi connectivity index (χ1) is 7.20. The summed E-state index contributed by atoms with van der Waals surface area (Å²) in [5.74, 6) is 0.741.